The van der Waals surface area contributed by atoms with Crippen molar-refractivity contribution in [3.05, 3.63) is 82.4 Å². The van der Waals surface area contributed by atoms with Gasteiger partial charge in [0.1, 0.15) is 5.41 Å². The van der Waals surface area contributed by atoms with Crippen LogP contribution in [0.1, 0.15) is 39.7 Å². The second-order valence-corrected chi connectivity index (χ2v) is 7.80. The molecule has 2 aromatic carbocycles. The number of fused-ring (bicyclic) bond motifs is 5. The zero-order valence-electron chi connectivity index (χ0n) is 13.9. The van der Waals surface area contributed by atoms with Gasteiger partial charge in [0, 0.05) is 0 Å². The highest BCUT2D eigenvalue weighted by atomic mass is 16.1. The van der Waals surface area contributed by atoms with E-state index >= 15 is 0 Å². The molecule has 1 fully saturated rings. The van der Waals surface area contributed by atoms with Crippen molar-refractivity contribution in [2.45, 2.75) is 17.3 Å². The Morgan fingerprint density at radius 1 is 0.962 bits per heavy atom. The van der Waals surface area contributed by atoms with Crippen molar-refractivity contribution in [3.63, 3.8) is 0 Å². The van der Waals surface area contributed by atoms with Gasteiger partial charge in [-0.05, 0) is 51.6 Å². The van der Waals surface area contributed by atoms with E-state index in [9.17, 15) is 15.3 Å². The van der Waals surface area contributed by atoms with Gasteiger partial charge in [-0.15, -0.1) is 0 Å². The van der Waals surface area contributed by atoms with Crippen molar-refractivity contribution in [1.29, 1.82) is 10.5 Å². The number of benzene rings is 2. The first kappa shape index (κ1) is 14.0. The lowest BCUT2D eigenvalue weighted by atomic mass is 9.56. The summed E-state index contributed by atoms with van der Waals surface area (Å²) in [5, 5.41) is 20.4. The summed E-state index contributed by atoms with van der Waals surface area (Å²) in [6.07, 6.45) is 3.72. The van der Waals surface area contributed by atoms with Crippen LogP contribution in [0.15, 0.2) is 54.6 Å². The predicted molar refractivity (Wildman–Crippen MR) is 94.1 cm³/mol. The van der Waals surface area contributed by atoms with E-state index < -0.39 is 5.41 Å². The molecule has 0 aliphatic heterocycles. The lowest BCUT2D eigenvalue weighted by Gasteiger charge is -2.43. The normalized spacial score (nSPS) is 36.8. The van der Waals surface area contributed by atoms with Crippen LogP contribution in [0.25, 0.3) is 0 Å². The van der Waals surface area contributed by atoms with Crippen molar-refractivity contribution >= 4 is 5.78 Å². The van der Waals surface area contributed by atoms with Crippen LogP contribution >= 0.6 is 0 Å². The summed E-state index contributed by atoms with van der Waals surface area (Å²) in [5.41, 5.74) is 3.98. The summed E-state index contributed by atoms with van der Waals surface area (Å²) in [6.45, 7) is 0. The number of hydrogen-bond acceptors (Lipinski definition) is 3. The first-order valence-corrected chi connectivity index (χ1v) is 8.99. The first-order chi connectivity index (χ1) is 12.7. The van der Waals surface area contributed by atoms with Crippen LogP contribution in [0.4, 0.5) is 0 Å². The molecule has 3 nitrogen and oxygen atoms in total. The minimum Gasteiger partial charge on any atom is -0.294 e. The third-order valence-electron chi connectivity index (χ3n) is 6.98. The monoisotopic (exact) mass is 334 g/mol. The fourth-order valence-electron chi connectivity index (χ4n) is 6.10. The third-order valence-corrected chi connectivity index (χ3v) is 6.98. The summed E-state index contributed by atoms with van der Waals surface area (Å²) in [5.74, 6) is 0.193. The predicted octanol–water partition coefficient (Wildman–Crippen LogP) is 3.56. The van der Waals surface area contributed by atoms with Gasteiger partial charge in [-0.25, -0.2) is 0 Å². The van der Waals surface area contributed by atoms with E-state index in [1.54, 1.807) is 6.08 Å². The number of allylic oxidation sites excluding steroid dienone is 2. The van der Waals surface area contributed by atoms with Crippen molar-refractivity contribution in [1.82, 2.24) is 0 Å². The summed E-state index contributed by atoms with van der Waals surface area (Å²) in [6, 6.07) is 18.9. The zero-order valence-corrected chi connectivity index (χ0v) is 13.9. The molecule has 3 heteroatoms. The fraction of sp³-hybridized carbons (Fsp3) is 0.261. The highest BCUT2D eigenvalue weighted by Gasteiger charge is 2.71. The van der Waals surface area contributed by atoms with Crippen LogP contribution in [0, 0.1) is 40.4 Å². The summed E-state index contributed by atoms with van der Waals surface area (Å²) in [7, 11) is 0. The smallest absolute Gasteiger partial charge is 0.163 e. The van der Waals surface area contributed by atoms with Crippen LogP contribution < -0.4 is 0 Å². The van der Waals surface area contributed by atoms with Crippen molar-refractivity contribution in [2.24, 2.45) is 17.8 Å². The number of ketones is 1. The molecule has 0 heterocycles. The maximum atomic E-state index is 12.7. The van der Waals surface area contributed by atoms with E-state index in [1.165, 1.54) is 0 Å². The fourth-order valence-corrected chi connectivity index (χ4v) is 6.10. The van der Waals surface area contributed by atoms with Gasteiger partial charge >= 0.3 is 0 Å². The van der Waals surface area contributed by atoms with Gasteiger partial charge in [-0.3, -0.25) is 4.79 Å². The van der Waals surface area contributed by atoms with Gasteiger partial charge in [-0.2, -0.15) is 10.5 Å². The maximum absolute atomic E-state index is 12.7. The third kappa shape index (κ3) is 1.29. The van der Waals surface area contributed by atoms with Crippen LogP contribution in [0.5, 0.6) is 0 Å². The summed E-state index contributed by atoms with van der Waals surface area (Å²) in [4.78, 5) is 12.7. The van der Waals surface area contributed by atoms with E-state index in [4.69, 9.17) is 0 Å². The molecule has 0 amide bonds. The van der Waals surface area contributed by atoms with Crippen molar-refractivity contribution in [3.8, 4) is 12.1 Å². The average Bonchev–Trinajstić information content (AvgIpc) is 3.41. The molecule has 0 saturated heterocycles. The summed E-state index contributed by atoms with van der Waals surface area (Å²) < 4.78 is 0. The number of hydrogen-bond donors (Lipinski definition) is 0. The Morgan fingerprint density at radius 2 is 1.73 bits per heavy atom. The van der Waals surface area contributed by atoms with Crippen molar-refractivity contribution < 1.29 is 4.79 Å². The Bertz CT molecular complexity index is 1130. The first-order valence-electron chi connectivity index (χ1n) is 8.99. The molecule has 0 aromatic heterocycles. The molecule has 6 unspecified atom stereocenters. The molecular weight excluding hydrogens is 320 g/mol. The SMILES string of the molecule is N#CC1c2ccccc2C2(C#N)c3c1cccc3C1C(=O)C=CC3C1C32. The molecule has 0 N–H and O–H groups in total. The number of carbonyl (C=O) groups is 1. The molecule has 6 rings (SSSR count). The Balaban J connectivity index is 1.79. The largest absolute Gasteiger partial charge is 0.294 e. The molecule has 0 radical (unpaired) electrons. The Labute approximate surface area is 151 Å². The molecular formula is C23H14N2O. The second kappa shape index (κ2) is 4.32. The molecule has 6 atom stereocenters. The minimum absolute atomic E-state index is 0.120. The Kier molecular flexibility index (Phi) is 2.33. The number of rotatable bonds is 0. The molecule has 0 spiro atoms. The number of carbonyl (C=O) groups excluding carboxylic acids is 1. The lowest BCUT2D eigenvalue weighted by Crippen LogP contribution is -2.41. The highest BCUT2D eigenvalue weighted by molar-refractivity contribution is 5.99. The number of nitrogens with zero attached hydrogens (tertiary/aromatic N) is 2. The quantitative estimate of drug-likeness (QED) is 0.740. The van der Waals surface area contributed by atoms with E-state index in [1.807, 2.05) is 48.5 Å². The summed E-state index contributed by atoms with van der Waals surface area (Å²) >= 11 is 0. The van der Waals surface area contributed by atoms with Crippen LogP contribution in [-0.4, -0.2) is 5.78 Å². The van der Waals surface area contributed by atoms with Gasteiger partial charge in [0.15, 0.2) is 5.78 Å². The zero-order chi connectivity index (χ0) is 17.6. The molecule has 0 bridgehead atoms. The van der Waals surface area contributed by atoms with E-state index in [0.717, 1.165) is 27.8 Å². The topological polar surface area (TPSA) is 64.7 Å². The van der Waals surface area contributed by atoms with Crippen molar-refractivity contribution in [2.75, 3.05) is 0 Å². The van der Waals surface area contributed by atoms with Gasteiger partial charge in [0.2, 0.25) is 0 Å². The van der Waals surface area contributed by atoms with Crippen LogP contribution in [-0.2, 0) is 10.2 Å². The van der Waals surface area contributed by atoms with Gasteiger partial charge in [0.05, 0.1) is 24.0 Å². The second-order valence-electron chi connectivity index (χ2n) is 7.80. The Morgan fingerprint density at radius 3 is 2.54 bits per heavy atom. The molecule has 26 heavy (non-hydrogen) atoms. The van der Waals surface area contributed by atoms with Gasteiger partial charge in [-0.1, -0.05) is 48.5 Å². The van der Waals surface area contributed by atoms with Gasteiger partial charge in [0.25, 0.3) is 0 Å². The molecule has 4 aliphatic rings. The van der Waals surface area contributed by atoms with E-state index in [2.05, 4.69) is 12.1 Å². The highest BCUT2D eigenvalue weighted by Crippen LogP contribution is 2.72. The molecule has 122 valence electrons. The lowest BCUT2D eigenvalue weighted by molar-refractivity contribution is -0.117. The van der Waals surface area contributed by atoms with E-state index in [0.29, 0.717) is 0 Å². The molecule has 2 aromatic rings. The standard InChI is InChI=1S/C23H14N2O/c24-10-16-12-4-1-2-7-17(12)23(11-25)21-13(16)5-3-6-14(21)19-18(26)9-8-15-20(19)22(15)23/h1-9,15-16,19-20,22H. The maximum Gasteiger partial charge on any atom is 0.163 e. The van der Waals surface area contributed by atoms with Gasteiger partial charge < -0.3 is 0 Å². The van der Waals surface area contributed by atoms with Crippen LogP contribution in [0.3, 0.4) is 0 Å². The Hall–Kier alpha value is -3.17. The minimum atomic E-state index is -0.753. The number of nitriles is 2. The molecule has 4 aliphatic carbocycles. The van der Waals surface area contributed by atoms with Crippen LogP contribution in [0.2, 0.25) is 0 Å². The molecule has 1 saturated carbocycles. The average molecular weight is 334 g/mol. The van der Waals surface area contributed by atoms with E-state index in [-0.39, 0.29) is 35.4 Å².